The maximum atomic E-state index is 13.2. The Hall–Kier alpha value is -7.61. The number of hydrogen-bond acceptors (Lipinski definition) is 12. The molecule has 17 nitrogen and oxygen atoms in total. The molecule has 2 N–H and O–H groups in total. The van der Waals surface area contributed by atoms with Crippen molar-refractivity contribution < 1.29 is 31.2 Å². The lowest BCUT2D eigenvalue weighted by atomic mass is 10.2. The normalized spacial score (nSPS) is 11.7. The quantitative estimate of drug-likeness (QED) is 0.149. The number of aromatic nitrogens is 8. The number of fused-ring (bicyclic) bond motifs is 3. The molecule has 0 atom stereocenters. The van der Waals surface area contributed by atoms with Crippen LogP contribution in [0, 0.1) is 0 Å². The Bertz CT molecular complexity index is 3370. The molecule has 0 radical (unpaired) electrons. The Labute approximate surface area is 367 Å². The zero-order valence-corrected chi connectivity index (χ0v) is 36.1. The highest BCUT2D eigenvalue weighted by Gasteiger charge is 2.23. The Morgan fingerprint density at radius 2 is 1.14 bits per heavy atom. The molecule has 0 aliphatic heterocycles. The molecular formula is C45H40N10O7S2. The minimum atomic E-state index is -3.72. The summed E-state index contributed by atoms with van der Waals surface area (Å²) in [4.78, 5) is 42.0. The van der Waals surface area contributed by atoms with Gasteiger partial charge in [-0.25, -0.2) is 36.8 Å². The number of ether oxygens (including phenoxy) is 1. The number of amides is 2. The third kappa shape index (κ3) is 9.12. The monoisotopic (exact) mass is 896 g/mol. The van der Waals surface area contributed by atoms with E-state index in [1.54, 1.807) is 149 Å². The van der Waals surface area contributed by atoms with Crippen LogP contribution in [0.1, 0.15) is 44.3 Å². The number of carbonyl (C=O) groups excluding carboxylic acids is 2. The SMILES string of the molecule is CCOCc1ccccc1S(=O)(=O)c1ccc(CNC(=O)c2cnc3nccn3c2)cc1.Cn1ncc2c(S(=O)(=O)c3ccc(CNC(=O)c4cnc5nccn5c4)cc3)cccc21. The van der Waals surface area contributed by atoms with Crippen molar-refractivity contribution in [1.29, 1.82) is 0 Å². The molecule has 4 aromatic carbocycles. The van der Waals surface area contributed by atoms with Crippen molar-refractivity contribution in [2.75, 3.05) is 6.61 Å². The minimum Gasteiger partial charge on any atom is -0.377 e. The number of nitrogens with one attached hydrogen (secondary N) is 2. The summed E-state index contributed by atoms with van der Waals surface area (Å²) in [5, 5.41) is 10.4. The van der Waals surface area contributed by atoms with Gasteiger partial charge in [-0.15, -0.1) is 0 Å². The van der Waals surface area contributed by atoms with Gasteiger partial charge in [-0.2, -0.15) is 5.10 Å². The van der Waals surface area contributed by atoms with Crippen molar-refractivity contribution in [2.45, 2.75) is 46.2 Å². The van der Waals surface area contributed by atoms with Crippen LogP contribution in [0.2, 0.25) is 0 Å². The summed E-state index contributed by atoms with van der Waals surface area (Å²) in [6.45, 7) is 3.10. The molecule has 0 unspecified atom stereocenters. The number of nitrogens with zero attached hydrogens (tertiary/aromatic N) is 8. The Kier molecular flexibility index (Phi) is 12.4. The zero-order valence-electron chi connectivity index (χ0n) is 34.4. The van der Waals surface area contributed by atoms with E-state index in [1.807, 2.05) is 13.0 Å². The lowest BCUT2D eigenvalue weighted by molar-refractivity contribution is 0.0942. The summed E-state index contributed by atoms with van der Waals surface area (Å²) in [5.41, 5.74) is 3.72. The highest BCUT2D eigenvalue weighted by Crippen LogP contribution is 2.29. The molecule has 9 rings (SSSR count). The van der Waals surface area contributed by atoms with Crippen molar-refractivity contribution in [3.05, 3.63) is 175 Å². The predicted molar refractivity (Wildman–Crippen MR) is 235 cm³/mol. The lowest BCUT2D eigenvalue weighted by Crippen LogP contribution is -2.23. The predicted octanol–water partition coefficient (Wildman–Crippen LogP) is 5.41. The number of carbonyl (C=O) groups is 2. The van der Waals surface area contributed by atoms with E-state index >= 15 is 0 Å². The van der Waals surface area contributed by atoms with Crippen molar-refractivity contribution in [2.24, 2.45) is 7.05 Å². The largest absolute Gasteiger partial charge is 0.377 e. The van der Waals surface area contributed by atoms with E-state index in [0.29, 0.717) is 40.2 Å². The van der Waals surface area contributed by atoms with E-state index in [2.05, 4.69) is 35.7 Å². The first-order valence-corrected chi connectivity index (χ1v) is 22.8. The summed E-state index contributed by atoms with van der Waals surface area (Å²) >= 11 is 0. The fourth-order valence-electron chi connectivity index (χ4n) is 6.75. The van der Waals surface area contributed by atoms with Crippen LogP contribution in [0.15, 0.2) is 166 Å². The summed E-state index contributed by atoms with van der Waals surface area (Å²) in [6, 6.07) is 24.9. The second kappa shape index (κ2) is 18.4. The molecule has 0 aliphatic carbocycles. The van der Waals surface area contributed by atoms with Gasteiger partial charge in [0.1, 0.15) is 0 Å². The molecule has 5 heterocycles. The van der Waals surface area contributed by atoms with Crippen LogP contribution in [0.4, 0.5) is 0 Å². The maximum absolute atomic E-state index is 13.2. The van der Waals surface area contributed by atoms with Gasteiger partial charge in [0.05, 0.1) is 49.0 Å². The Morgan fingerprint density at radius 1 is 0.625 bits per heavy atom. The minimum absolute atomic E-state index is 0.179. The average molecular weight is 897 g/mol. The lowest BCUT2D eigenvalue weighted by Gasteiger charge is -2.11. The summed E-state index contributed by atoms with van der Waals surface area (Å²) in [6.07, 6.45) is 14.4. The van der Waals surface area contributed by atoms with Gasteiger partial charge in [-0.05, 0) is 66.1 Å². The second-order valence-corrected chi connectivity index (χ2v) is 18.2. The number of imidazole rings is 2. The summed E-state index contributed by atoms with van der Waals surface area (Å²) in [7, 11) is -5.64. The average Bonchev–Trinajstić information content (AvgIpc) is 4.09. The molecular weight excluding hydrogens is 857 g/mol. The molecule has 9 aromatic rings. The Balaban J connectivity index is 0.000000175. The van der Waals surface area contributed by atoms with Gasteiger partial charge in [0.2, 0.25) is 31.2 Å². The number of sulfone groups is 2. The van der Waals surface area contributed by atoms with Gasteiger partial charge in [0.25, 0.3) is 11.8 Å². The van der Waals surface area contributed by atoms with Crippen LogP contribution in [-0.2, 0) is 51.2 Å². The van der Waals surface area contributed by atoms with Crippen LogP contribution in [-0.4, -0.2) is 73.8 Å². The molecule has 0 saturated heterocycles. The van der Waals surface area contributed by atoms with Crippen molar-refractivity contribution in [1.82, 2.24) is 49.2 Å². The third-order valence-electron chi connectivity index (χ3n) is 10.2. The first-order valence-electron chi connectivity index (χ1n) is 19.8. The van der Waals surface area contributed by atoms with Crippen LogP contribution >= 0.6 is 0 Å². The number of rotatable bonds is 13. The maximum Gasteiger partial charge on any atom is 0.254 e. The number of benzene rings is 4. The molecule has 2 amide bonds. The molecule has 0 aliphatic rings. The zero-order chi connectivity index (χ0) is 44.8. The summed E-state index contributed by atoms with van der Waals surface area (Å²) in [5.74, 6) is 0.462. The third-order valence-corrected chi connectivity index (χ3v) is 13.9. The fourth-order valence-corrected chi connectivity index (χ4v) is 9.68. The Morgan fingerprint density at radius 3 is 1.69 bits per heavy atom. The topological polar surface area (TPSA) is 214 Å². The van der Waals surface area contributed by atoms with Crippen LogP contribution < -0.4 is 10.6 Å². The van der Waals surface area contributed by atoms with Crippen molar-refractivity contribution >= 4 is 53.9 Å². The van der Waals surface area contributed by atoms with E-state index in [0.717, 1.165) is 16.6 Å². The molecule has 0 spiro atoms. The van der Waals surface area contributed by atoms with Gasteiger partial charge < -0.3 is 15.4 Å². The smallest absolute Gasteiger partial charge is 0.254 e. The van der Waals surface area contributed by atoms with E-state index in [1.165, 1.54) is 12.4 Å². The summed E-state index contributed by atoms with van der Waals surface area (Å²) < 4.78 is 63.0. The molecule has 19 heteroatoms. The highest BCUT2D eigenvalue weighted by molar-refractivity contribution is 7.92. The molecule has 324 valence electrons. The fraction of sp³-hybridized carbons (Fsp3) is 0.133. The van der Waals surface area contributed by atoms with Gasteiger partial charge in [-0.1, -0.05) is 48.5 Å². The van der Waals surface area contributed by atoms with Gasteiger partial charge in [0, 0.05) is 81.7 Å². The molecule has 0 bridgehead atoms. The van der Waals surface area contributed by atoms with Crippen molar-refractivity contribution in [3.63, 3.8) is 0 Å². The van der Waals surface area contributed by atoms with E-state index in [-0.39, 0.29) is 51.1 Å². The van der Waals surface area contributed by atoms with Gasteiger partial charge in [0.15, 0.2) is 0 Å². The van der Waals surface area contributed by atoms with Crippen molar-refractivity contribution in [3.8, 4) is 0 Å². The van der Waals surface area contributed by atoms with E-state index in [9.17, 15) is 26.4 Å². The van der Waals surface area contributed by atoms with Gasteiger partial charge >= 0.3 is 0 Å². The number of aryl methyl sites for hydroxylation is 1. The van der Waals surface area contributed by atoms with Crippen LogP contribution in [0.5, 0.6) is 0 Å². The number of hydrogen-bond donors (Lipinski definition) is 2. The van der Waals surface area contributed by atoms with E-state index in [4.69, 9.17) is 4.74 Å². The highest BCUT2D eigenvalue weighted by atomic mass is 32.2. The first-order chi connectivity index (χ1) is 30.9. The second-order valence-electron chi connectivity index (χ2n) is 14.3. The van der Waals surface area contributed by atoms with Crippen LogP contribution in [0.25, 0.3) is 22.5 Å². The van der Waals surface area contributed by atoms with Crippen LogP contribution in [0.3, 0.4) is 0 Å². The first kappa shape index (κ1) is 43.1. The molecule has 0 fully saturated rings. The molecule has 0 saturated carbocycles. The van der Waals surface area contributed by atoms with E-state index < -0.39 is 19.7 Å². The molecule has 64 heavy (non-hydrogen) atoms. The van der Waals surface area contributed by atoms with Gasteiger partial charge in [-0.3, -0.25) is 23.1 Å². The molecule has 5 aromatic heterocycles. The standard InChI is InChI=1S/C23H22N4O4S.C22H18N6O3S/c1-2-31-16-18-5-3-4-6-21(18)32(29,30)20-9-7-17(8-10-20)13-25-22(28)19-14-26-23-24-11-12-27(23)15-19;1-27-19-3-2-4-20(18(19)13-26-27)32(30,31)17-7-5-15(6-8-17)11-24-21(29)16-12-25-22-23-9-10-28(22)14-16/h3-12,14-15H,2,13,16H2,1H3,(H,25,28);2-10,12-14H,11H2,1H3,(H,24,29).